The first-order valence-electron chi connectivity index (χ1n) is 6.94. The maximum absolute atomic E-state index is 12.4. The monoisotopic (exact) mass is 371 g/mol. The molecule has 0 aromatic carbocycles. The Labute approximate surface area is 141 Å². The third-order valence-corrected chi connectivity index (χ3v) is 3.68. The van der Waals surface area contributed by atoms with Crippen LogP contribution in [0.15, 0.2) is 47.5 Å². The normalized spacial score (nSPS) is 10.6. The molecule has 0 spiro atoms. The third kappa shape index (κ3) is 3.29. The Kier molecular flexibility index (Phi) is 4.20. The molecule has 1 N–H and O–H groups in total. The lowest BCUT2D eigenvalue weighted by molar-refractivity contribution is 0.102. The van der Waals surface area contributed by atoms with E-state index in [9.17, 15) is 4.79 Å². The van der Waals surface area contributed by atoms with Gasteiger partial charge < -0.3 is 5.32 Å². The van der Waals surface area contributed by atoms with E-state index >= 15 is 0 Å². The number of aromatic nitrogens is 4. The lowest BCUT2D eigenvalue weighted by Gasteiger charge is -2.12. The largest absolute Gasteiger partial charge is 0.319 e. The second-order valence-corrected chi connectivity index (χ2v) is 5.99. The number of nitrogens with one attached hydrogen (secondary N) is 1. The van der Waals surface area contributed by atoms with Gasteiger partial charge in [0.15, 0.2) is 0 Å². The summed E-state index contributed by atoms with van der Waals surface area (Å²) in [6.07, 6.45) is 6.42. The zero-order chi connectivity index (χ0) is 16.4. The highest BCUT2D eigenvalue weighted by atomic mass is 79.9. The molecule has 3 aromatic heterocycles. The van der Waals surface area contributed by atoms with Crippen LogP contribution in [0.3, 0.4) is 0 Å². The van der Waals surface area contributed by atoms with Gasteiger partial charge in [0, 0.05) is 28.8 Å². The van der Waals surface area contributed by atoms with Crippen LogP contribution in [-0.4, -0.2) is 25.7 Å². The van der Waals surface area contributed by atoms with Crippen LogP contribution >= 0.6 is 15.9 Å². The quantitative estimate of drug-likeness (QED) is 0.766. The van der Waals surface area contributed by atoms with Crippen molar-refractivity contribution in [3.8, 4) is 5.69 Å². The molecule has 23 heavy (non-hydrogen) atoms. The van der Waals surface area contributed by atoms with Gasteiger partial charge in [0.25, 0.3) is 5.91 Å². The van der Waals surface area contributed by atoms with Crippen molar-refractivity contribution < 1.29 is 4.79 Å². The molecule has 7 heteroatoms. The SMILES string of the molecule is Cc1cc(C)n(-c2ccncc2NC(=O)c2cncc(Br)c2)n1. The molecule has 0 bridgehead atoms. The second-order valence-electron chi connectivity index (χ2n) is 5.08. The summed E-state index contributed by atoms with van der Waals surface area (Å²) >= 11 is 3.31. The first-order chi connectivity index (χ1) is 11.0. The van der Waals surface area contributed by atoms with Crippen molar-refractivity contribution in [2.45, 2.75) is 13.8 Å². The van der Waals surface area contributed by atoms with Crippen LogP contribution in [0, 0.1) is 13.8 Å². The Hall–Kier alpha value is -2.54. The van der Waals surface area contributed by atoms with Gasteiger partial charge in [0.2, 0.25) is 0 Å². The summed E-state index contributed by atoms with van der Waals surface area (Å²) in [5.74, 6) is -0.255. The Morgan fingerprint density at radius 3 is 2.70 bits per heavy atom. The molecule has 0 saturated carbocycles. The van der Waals surface area contributed by atoms with Gasteiger partial charge in [-0.3, -0.25) is 14.8 Å². The Bertz CT molecular complexity index is 874. The molecule has 0 aliphatic rings. The van der Waals surface area contributed by atoms with Crippen LogP contribution in [0.2, 0.25) is 0 Å². The van der Waals surface area contributed by atoms with Crippen molar-refractivity contribution >= 4 is 27.5 Å². The van der Waals surface area contributed by atoms with Gasteiger partial charge in [-0.15, -0.1) is 0 Å². The number of carbonyl (C=O) groups is 1. The molecule has 3 heterocycles. The van der Waals surface area contributed by atoms with Crippen LogP contribution in [0.1, 0.15) is 21.7 Å². The molecule has 0 unspecified atom stereocenters. The zero-order valence-corrected chi connectivity index (χ0v) is 14.2. The lowest BCUT2D eigenvalue weighted by Crippen LogP contribution is -2.15. The van der Waals surface area contributed by atoms with Crippen molar-refractivity contribution in [3.63, 3.8) is 0 Å². The van der Waals surface area contributed by atoms with E-state index in [0.717, 1.165) is 21.5 Å². The van der Waals surface area contributed by atoms with Gasteiger partial charge in [-0.2, -0.15) is 5.10 Å². The smallest absolute Gasteiger partial charge is 0.257 e. The van der Waals surface area contributed by atoms with Gasteiger partial charge >= 0.3 is 0 Å². The van der Waals surface area contributed by atoms with E-state index in [1.54, 1.807) is 29.3 Å². The zero-order valence-electron chi connectivity index (χ0n) is 12.6. The van der Waals surface area contributed by atoms with Crippen LogP contribution in [0.5, 0.6) is 0 Å². The van der Waals surface area contributed by atoms with Gasteiger partial charge in [-0.05, 0) is 48.0 Å². The number of aryl methyl sites for hydroxylation is 2. The van der Waals surface area contributed by atoms with Gasteiger partial charge in [-0.1, -0.05) is 0 Å². The highest BCUT2D eigenvalue weighted by Gasteiger charge is 2.13. The molecular weight excluding hydrogens is 358 g/mol. The minimum Gasteiger partial charge on any atom is -0.319 e. The minimum atomic E-state index is -0.255. The van der Waals surface area contributed by atoms with Crippen molar-refractivity contribution in [2.75, 3.05) is 5.32 Å². The molecule has 116 valence electrons. The van der Waals surface area contributed by atoms with E-state index in [0.29, 0.717) is 11.3 Å². The first kappa shape index (κ1) is 15.4. The average molecular weight is 372 g/mol. The van der Waals surface area contributed by atoms with Crippen molar-refractivity contribution in [1.82, 2.24) is 19.7 Å². The van der Waals surface area contributed by atoms with Gasteiger partial charge in [-0.25, -0.2) is 4.68 Å². The molecule has 0 saturated heterocycles. The standard InChI is InChI=1S/C16H14BrN5O/c1-10-5-11(2)22(21-10)15-3-4-18-9-14(15)20-16(23)12-6-13(17)8-19-7-12/h3-9H,1-2H3,(H,20,23). The minimum absolute atomic E-state index is 0.255. The summed E-state index contributed by atoms with van der Waals surface area (Å²) in [7, 11) is 0. The lowest BCUT2D eigenvalue weighted by atomic mass is 10.2. The number of hydrogen-bond donors (Lipinski definition) is 1. The summed E-state index contributed by atoms with van der Waals surface area (Å²) in [5.41, 5.74) is 3.70. The average Bonchev–Trinajstić information content (AvgIpc) is 2.86. The number of carbonyl (C=O) groups excluding carboxylic acids is 1. The molecule has 0 fully saturated rings. The molecular formula is C16H14BrN5O. The van der Waals surface area contributed by atoms with Crippen LogP contribution in [0.4, 0.5) is 5.69 Å². The summed E-state index contributed by atoms with van der Waals surface area (Å²) in [5, 5.41) is 7.32. The number of rotatable bonds is 3. The molecule has 0 radical (unpaired) electrons. The first-order valence-corrected chi connectivity index (χ1v) is 7.73. The Morgan fingerprint density at radius 2 is 2.00 bits per heavy atom. The fourth-order valence-corrected chi connectivity index (χ4v) is 2.64. The predicted octanol–water partition coefficient (Wildman–Crippen LogP) is 3.29. The van der Waals surface area contributed by atoms with E-state index in [1.807, 2.05) is 26.0 Å². The highest BCUT2D eigenvalue weighted by molar-refractivity contribution is 9.10. The molecule has 3 aromatic rings. The molecule has 3 rings (SSSR count). The Morgan fingerprint density at radius 1 is 1.17 bits per heavy atom. The van der Waals surface area contributed by atoms with Crippen LogP contribution in [0.25, 0.3) is 5.69 Å². The number of amides is 1. The second kappa shape index (κ2) is 6.29. The molecule has 1 amide bonds. The summed E-state index contributed by atoms with van der Waals surface area (Å²) in [6.45, 7) is 3.89. The van der Waals surface area contributed by atoms with E-state index in [1.165, 1.54) is 6.20 Å². The molecule has 0 atom stereocenters. The van der Waals surface area contributed by atoms with Crippen LogP contribution in [-0.2, 0) is 0 Å². The van der Waals surface area contributed by atoms with E-state index < -0.39 is 0 Å². The van der Waals surface area contributed by atoms with Crippen molar-refractivity contribution in [2.24, 2.45) is 0 Å². The van der Waals surface area contributed by atoms with Gasteiger partial charge in [0.05, 0.1) is 28.8 Å². The van der Waals surface area contributed by atoms with E-state index in [-0.39, 0.29) is 5.91 Å². The number of hydrogen-bond acceptors (Lipinski definition) is 4. The molecule has 0 aliphatic carbocycles. The Balaban J connectivity index is 1.95. The maximum atomic E-state index is 12.4. The summed E-state index contributed by atoms with van der Waals surface area (Å²) < 4.78 is 2.53. The number of nitrogens with zero attached hydrogens (tertiary/aromatic N) is 4. The maximum Gasteiger partial charge on any atom is 0.257 e. The molecule has 6 nitrogen and oxygen atoms in total. The topological polar surface area (TPSA) is 72.7 Å². The third-order valence-electron chi connectivity index (χ3n) is 3.25. The molecule has 0 aliphatic heterocycles. The van der Waals surface area contributed by atoms with Gasteiger partial charge in [0.1, 0.15) is 0 Å². The van der Waals surface area contributed by atoms with E-state index in [2.05, 4.69) is 36.3 Å². The number of anilines is 1. The predicted molar refractivity (Wildman–Crippen MR) is 90.7 cm³/mol. The summed E-state index contributed by atoms with van der Waals surface area (Å²) in [6, 6.07) is 5.50. The van der Waals surface area contributed by atoms with Crippen molar-refractivity contribution in [3.05, 3.63) is 64.4 Å². The summed E-state index contributed by atoms with van der Waals surface area (Å²) in [4.78, 5) is 20.5. The van der Waals surface area contributed by atoms with Crippen molar-refractivity contribution in [1.29, 1.82) is 0 Å². The van der Waals surface area contributed by atoms with E-state index in [4.69, 9.17) is 0 Å². The highest BCUT2D eigenvalue weighted by Crippen LogP contribution is 2.21. The fraction of sp³-hybridized carbons (Fsp3) is 0.125. The number of pyridine rings is 2. The fourth-order valence-electron chi connectivity index (χ4n) is 2.27. The van der Waals surface area contributed by atoms with Crippen LogP contribution < -0.4 is 5.32 Å². The number of halogens is 1.